The number of carbonyl (C=O) groups excluding carboxylic acids is 2. The number of nitrogens with one attached hydrogen (secondary N) is 1. The van der Waals surface area contributed by atoms with Gasteiger partial charge in [0.25, 0.3) is 5.91 Å². The summed E-state index contributed by atoms with van der Waals surface area (Å²) < 4.78 is 5.43. The highest BCUT2D eigenvalue weighted by Crippen LogP contribution is 2.55. The van der Waals surface area contributed by atoms with Gasteiger partial charge in [-0.15, -0.1) is 0 Å². The Morgan fingerprint density at radius 2 is 1.62 bits per heavy atom. The third-order valence-electron chi connectivity index (χ3n) is 6.68. The second-order valence-electron chi connectivity index (χ2n) is 8.79. The van der Waals surface area contributed by atoms with Gasteiger partial charge >= 0.3 is 5.97 Å². The lowest BCUT2D eigenvalue weighted by molar-refractivity contribution is -0.134. The number of carbonyl (C=O) groups is 2. The predicted octanol–water partition coefficient (Wildman–Crippen LogP) is 3.88. The zero-order valence-electron chi connectivity index (χ0n) is 15.8. The van der Waals surface area contributed by atoms with Crippen LogP contribution in [0.15, 0.2) is 24.3 Å². The van der Waals surface area contributed by atoms with E-state index in [1.54, 1.807) is 19.1 Å². The van der Waals surface area contributed by atoms with Crippen molar-refractivity contribution in [1.29, 1.82) is 0 Å². The van der Waals surface area contributed by atoms with E-state index >= 15 is 0 Å². The van der Waals surface area contributed by atoms with Gasteiger partial charge in [0, 0.05) is 5.54 Å². The van der Waals surface area contributed by atoms with E-state index < -0.39 is 12.1 Å². The van der Waals surface area contributed by atoms with Gasteiger partial charge in [0.15, 0.2) is 6.10 Å². The first kappa shape index (κ1) is 17.6. The number of hydrogen-bond donors (Lipinski definition) is 1. The first-order valence-electron chi connectivity index (χ1n) is 10.1. The fourth-order valence-electron chi connectivity index (χ4n) is 5.79. The van der Waals surface area contributed by atoms with Crippen LogP contribution in [0.2, 0.25) is 0 Å². The summed E-state index contributed by atoms with van der Waals surface area (Å²) >= 11 is 0. The van der Waals surface area contributed by atoms with Crippen LogP contribution in [0.3, 0.4) is 0 Å². The van der Waals surface area contributed by atoms with E-state index in [0.717, 1.165) is 43.4 Å². The van der Waals surface area contributed by atoms with Gasteiger partial charge in [-0.1, -0.05) is 19.1 Å². The van der Waals surface area contributed by atoms with Crippen LogP contribution in [-0.4, -0.2) is 23.5 Å². The van der Waals surface area contributed by atoms with E-state index in [4.69, 9.17) is 4.74 Å². The number of ether oxygens (including phenoxy) is 1. The Bertz CT molecular complexity index is 659. The standard InChI is InChI=1S/C22H29NO3/c1-3-15-4-6-19(7-5-15)21(25)26-14(2)20(24)23-22-11-16-8-17(12-22)10-18(9-16)13-22/h4-7,14,16-18H,3,8-13H2,1-2H3,(H,23,24)/t14-,16?,17?,18?,22?/m1/s1. The summed E-state index contributed by atoms with van der Waals surface area (Å²) in [6.45, 7) is 3.75. The maximum absolute atomic E-state index is 12.7. The fourth-order valence-corrected chi connectivity index (χ4v) is 5.79. The number of hydrogen-bond acceptors (Lipinski definition) is 3. The topological polar surface area (TPSA) is 55.4 Å². The van der Waals surface area contributed by atoms with Crippen LogP contribution in [0, 0.1) is 17.8 Å². The third-order valence-corrected chi connectivity index (χ3v) is 6.68. The Hall–Kier alpha value is -1.84. The molecule has 0 aromatic heterocycles. The Labute approximate surface area is 155 Å². The summed E-state index contributed by atoms with van der Waals surface area (Å²) in [4.78, 5) is 25.0. The minimum atomic E-state index is -0.763. The zero-order chi connectivity index (χ0) is 18.3. The Morgan fingerprint density at radius 3 is 2.12 bits per heavy atom. The van der Waals surface area contributed by atoms with Crippen LogP contribution in [0.25, 0.3) is 0 Å². The summed E-state index contributed by atoms with van der Waals surface area (Å²) in [6.07, 6.45) is 7.49. The summed E-state index contributed by atoms with van der Waals surface area (Å²) in [5.74, 6) is 1.75. The van der Waals surface area contributed by atoms with Crippen LogP contribution in [0.5, 0.6) is 0 Å². The van der Waals surface area contributed by atoms with Crippen molar-refractivity contribution in [3.05, 3.63) is 35.4 Å². The lowest BCUT2D eigenvalue weighted by atomic mass is 9.53. The van der Waals surface area contributed by atoms with Gasteiger partial charge in [0.2, 0.25) is 0 Å². The highest BCUT2D eigenvalue weighted by atomic mass is 16.5. The van der Waals surface area contributed by atoms with Gasteiger partial charge in [-0.25, -0.2) is 4.79 Å². The van der Waals surface area contributed by atoms with Crippen molar-refractivity contribution in [3.8, 4) is 0 Å². The molecule has 5 rings (SSSR count). The molecule has 1 atom stereocenters. The second kappa shape index (κ2) is 6.71. The van der Waals surface area contributed by atoms with E-state index in [9.17, 15) is 9.59 Å². The molecule has 1 aromatic rings. The molecule has 4 bridgehead atoms. The van der Waals surface area contributed by atoms with E-state index in [2.05, 4.69) is 12.2 Å². The molecule has 4 fully saturated rings. The van der Waals surface area contributed by atoms with Crippen molar-refractivity contribution in [2.75, 3.05) is 0 Å². The molecule has 26 heavy (non-hydrogen) atoms. The molecule has 4 saturated carbocycles. The van der Waals surface area contributed by atoms with Crippen LogP contribution >= 0.6 is 0 Å². The molecule has 4 heteroatoms. The van der Waals surface area contributed by atoms with Crippen LogP contribution in [0.4, 0.5) is 0 Å². The van der Waals surface area contributed by atoms with E-state index in [1.165, 1.54) is 24.8 Å². The van der Waals surface area contributed by atoms with Crippen molar-refractivity contribution < 1.29 is 14.3 Å². The first-order chi connectivity index (χ1) is 12.5. The molecule has 140 valence electrons. The summed E-state index contributed by atoms with van der Waals surface area (Å²) in [5, 5.41) is 3.28. The molecule has 1 aromatic carbocycles. The van der Waals surface area contributed by atoms with E-state index in [0.29, 0.717) is 5.56 Å². The van der Waals surface area contributed by atoms with Gasteiger partial charge in [-0.05, 0) is 87.3 Å². The van der Waals surface area contributed by atoms with Crippen molar-refractivity contribution in [1.82, 2.24) is 5.32 Å². The maximum atomic E-state index is 12.7. The molecule has 0 radical (unpaired) electrons. The predicted molar refractivity (Wildman–Crippen MR) is 99.7 cm³/mol. The second-order valence-corrected chi connectivity index (χ2v) is 8.79. The molecule has 0 spiro atoms. The van der Waals surface area contributed by atoms with Crippen molar-refractivity contribution in [2.24, 2.45) is 17.8 Å². The smallest absolute Gasteiger partial charge is 0.338 e. The van der Waals surface area contributed by atoms with Crippen molar-refractivity contribution in [3.63, 3.8) is 0 Å². The van der Waals surface area contributed by atoms with Crippen LogP contribution in [0.1, 0.15) is 68.3 Å². The molecular weight excluding hydrogens is 326 g/mol. The number of aryl methyl sites for hydroxylation is 1. The average molecular weight is 355 g/mol. The van der Waals surface area contributed by atoms with Gasteiger partial charge in [-0.2, -0.15) is 0 Å². The molecule has 4 aliphatic carbocycles. The zero-order valence-corrected chi connectivity index (χ0v) is 15.8. The molecule has 0 unspecified atom stereocenters. The molecule has 4 aliphatic rings. The minimum absolute atomic E-state index is 0.0464. The van der Waals surface area contributed by atoms with Gasteiger partial charge in [0.1, 0.15) is 0 Å². The number of rotatable bonds is 5. The monoisotopic (exact) mass is 355 g/mol. The largest absolute Gasteiger partial charge is 0.449 e. The highest BCUT2D eigenvalue weighted by molar-refractivity contribution is 5.92. The number of benzene rings is 1. The molecule has 4 nitrogen and oxygen atoms in total. The average Bonchev–Trinajstić information content (AvgIpc) is 2.60. The molecule has 0 saturated heterocycles. The quantitative estimate of drug-likeness (QED) is 0.816. The fraction of sp³-hybridized carbons (Fsp3) is 0.636. The van der Waals surface area contributed by atoms with Crippen molar-refractivity contribution in [2.45, 2.75) is 70.4 Å². The van der Waals surface area contributed by atoms with E-state index in [-0.39, 0.29) is 11.4 Å². The Morgan fingerprint density at radius 1 is 1.08 bits per heavy atom. The van der Waals surface area contributed by atoms with E-state index in [1.807, 2.05) is 12.1 Å². The number of amides is 1. The van der Waals surface area contributed by atoms with Crippen LogP contribution in [-0.2, 0) is 16.0 Å². The molecular formula is C22H29NO3. The summed E-state index contributed by atoms with van der Waals surface area (Å²) in [7, 11) is 0. The normalized spacial score (nSPS) is 32.9. The first-order valence-corrected chi connectivity index (χ1v) is 10.1. The molecule has 0 aliphatic heterocycles. The van der Waals surface area contributed by atoms with Gasteiger partial charge in [0.05, 0.1) is 5.56 Å². The SMILES string of the molecule is CCc1ccc(C(=O)O[C@H](C)C(=O)NC23CC4CC(CC(C4)C2)C3)cc1. The highest BCUT2D eigenvalue weighted by Gasteiger charge is 2.51. The lowest BCUT2D eigenvalue weighted by Crippen LogP contribution is -2.61. The maximum Gasteiger partial charge on any atom is 0.338 e. The van der Waals surface area contributed by atoms with Crippen LogP contribution < -0.4 is 5.32 Å². The molecule has 1 N–H and O–H groups in total. The van der Waals surface area contributed by atoms with Gasteiger partial charge < -0.3 is 10.1 Å². The third kappa shape index (κ3) is 3.38. The Kier molecular flexibility index (Phi) is 4.54. The van der Waals surface area contributed by atoms with Crippen molar-refractivity contribution >= 4 is 11.9 Å². The summed E-state index contributed by atoms with van der Waals surface area (Å²) in [6, 6.07) is 7.39. The lowest BCUT2D eigenvalue weighted by Gasteiger charge is -2.57. The minimum Gasteiger partial charge on any atom is -0.449 e. The number of esters is 1. The van der Waals surface area contributed by atoms with Gasteiger partial charge in [-0.3, -0.25) is 4.79 Å². The summed E-state index contributed by atoms with van der Waals surface area (Å²) in [5.41, 5.74) is 1.63. The molecule has 1 amide bonds. The molecule has 0 heterocycles. The Balaban J connectivity index is 1.36.